The molecule has 0 unspecified atom stereocenters. The van der Waals surface area contributed by atoms with Gasteiger partial charge in [0.15, 0.2) is 0 Å². The highest BCUT2D eigenvalue weighted by Crippen LogP contribution is 2.23. The summed E-state index contributed by atoms with van der Waals surface area (Å²) >= 11 is 0. The Balaban J connectivity index is 4.95. The molecule has 0 saturated heterocycles. The van der Waals surface area contributed by atoms with E-state index in [1.165, 1.54) is 435 Å². The maximum absolute atomic E-state index is 2.33. The second kappa shape index (κ2) is 65.2. The third kappa shape index (κ3) is 59.2. The van der Waals surface area contributed by atoms with Crippen LogP contribution in [-0.2, 0) is 0 Å². The Labute approximate surface area is 460 Å². The predicted octanol–water partition coefficient (Wildman–Crippen LogP) is 26.5. The van der Waals surface area contributed by atoms with Crippen LogP contribution in [0.3, 0.4) is 0 Å². The molecule has 72 heavy (non-hydrogen) atoms. The van der Waals surface area contributed by atoms with Crippen LogP contribution >= 0.6 is 0 Å². The van der Waals surface area contributed by atoms with Crippen molar-refractivity contribution in [3.8, 4) is 0 Å². The van der Waals surface area contributed by atoms with Crippen LogP contribution < -0.4 is 0 Å². The number of unbranched alkanes of at least 4 members (excludes halogenated alkanes) is 59. The number of hydrogen-bond donors (Lipinski definition) is 0. The van der Waals surface area contributed by atoms with E-state index >= 15 is 0 Å². The molecule has 0 aliphatic rings. The Morgan fingerprint density at radius 1 is 0.111 bits per heavy atom. The lowest BCUT2D eigenvalue weighted by Gasteiger charge is -2.40. The summed E-state index contributed by atoms with van der Waals surface area (Å²) in [7, 11) is 0. The smallest absolute Gasteiger partial charge is 0.0786 e. The molecule has 1 heteroatoms. The number of rotatable bonds is 67. The molecule has 0 aromatic rings. The van der Waals surface area contributed by atoms with E-state index in [-0.39, 0.29) is 0 Å². The maximum atomic E-state index is 2.33. The van der Waals surface area contributed by atoms with Crippen LogP contribution in [0.4, 0.5) is 0 Å². The average molecular weight is 1010 g/mol. The fourth-order valence-electron chi connectivity index (χ4n) is 12.5. The first-order valence-corrected chi connectivity index (χ1v) is 35.6. The monoisotopic (exact) mass is 1010 g/mol. The van der Waals surface area contributed by atoms with Crippen LogP contribution in [0.25, 0.3) is 0 Å². The minimum Gasteiger partial charge on any atom is -0.324 e. The van der Waals surface area contributed by atoms with Crippen molar-refractivity contribution in [1.82, 2.24) is 0 Å². The minimum atomic E-state index is 1.37. The number of nitrogens with zero attached hydrogens (tertiary/aromatic N) is 1. The van der Waals surface area contributed by atoms with Crippen molar-refractivity contribution in [3.05, 3.63) is 0 Å². The van der Waals surface area contributed by atoms with E-state index in [1.807, 2.05) is 0 Å². The fourth-order valence-corrected chi connectivity index (χ4v) is 12.5. The summed E-state index contributed by atoms with van der Waals surface area (Å²) < 4.78 is 1.49. The average Bonchev–Trinajstić information content (AvgIpc) is 3.39. The van der Waals surface area contributed by atoms with Gasteiger partial charge >= 0.3 is 0 Å². The largest absolute Gasteiger partial charge is 0.324 e. The number of hydrogen-bond acceptors (Lipinski definition) is 0. The molecule has 0 spiro atoms. The van der Waals surface area contributed by atoms with Crippen molar-refractivity contribution in [1.29, 1.82) is 0 Å². The quantitative estimate of drug-likeness (QED) is 0.0421. The van der Waals surface area contributed by atoms with Gasteiger partial charge in [0.2, 0.25) is 0 Å². The lowest BCUT2D eigenvalue weighted by Crippen LogP contribution is -2.50. The second-order valence-corrected chi connectivity index (χ2v) is 25.1. The molecule has 0 rings (SSSR count). The lowest BCUT2D eigenvalue weighted by atomic mass is 10.0. The minimum absolute atomic E-state index is 1.37. The molecule has 0 radical (unpaired) electrons. The van der Waals surface area contributed by atoms with E-state index < -0.39 is 0 Å². The van der Waals surface area contributed by atoms with Crippen LogP contribution in [0, 0.1) is 0 Å². The standard InChI is InChI=1S/C71H146N/c1-5-9-13-17-21-25-29-33-37-41-45-49-53-57-61-65-69-72(68-64-60-56-52-48-44-40-36-32-28-24-20-16-12-8-4,70-66-62-58-54-50-46-42-38-34-30-26-22-18-14-10-6-2)71-67-63-59-55-51-47-43-39-35-31-27-23-19-15-11-7-3/h5-71H2,1-4H3/q+1. The van der Waals surface area contributed by atoms with Gasteiger partial charge in [-0.25, -0.2) is 0 Å². The van der Waals surface area contributed by atoms with Crippen LogP contribution in [0.1, 0.15) is 432 Å². The fraction of sp³-hybridized carbons (Fsp3) is 1.00. The zero-order valence-electron chi connectivity index (χ0n) is 51.8. The van der Waals surface area contributed by atoms with Crippen LogP contribution in [0.5, 0.6) is 0 Å². The Hall–Kier alpha value is -0.0400. The highest BCUT2D eigenvalue weighted by atomic mass is 15.3. The SMILES string of the molecule is CCCCCCCCCCCCCCCCCC[N+](CCCCCCCCCCCCCCCCC)(CCCCCCCCCCCCCCCCCC)CCCCCCCCCCCCCCCCCC. The molecule has 0 aromatic carbocycles. The van der Waals surface area contributed by atoms with E-state index in [4.69, 9.17) is 0 Å². The summed E-state index contributed by atoms with van der Waals surface area (Å²) in [5.41, 5.74) is 0. The van der Waals surface area contributed by atoms with Crippen LogP contribution in [0.2, 0.25) is 0 Å². The topological polar surface area (TPSA) is 0 Å². The van der Waals surface area contributed by atoms with Gasteiger partial charge in [-0.3, -0.25) is 0 Å². The summed E-state index contributed by atoms with van der Waals surface area (Å²) in [6, 6.07) is 0. The van der Waals surface area contributed by atoms with Crippen molar-refractivity contribution in [2.45, 2.75) is 432 Å². The second-order valence-electron chi connectivity index (χ2n) is 25.1. The molecule has 0 aliphatic carbocycles. The van der Waals surface area contributed by atoms with Gasteiger partial charge in [-0.2, -0.15) is 0 Å². The summed E-state index contributed by atoms with van der Waals surface area (Å²) in [6.07, 6.45) is 93.2. The highest BCUT2D eigenvalue weighted by molar-refractivity contribution is 4.58. The van der Waals surface area contributed by atoms with Crippen LogP contribution in [0.15, 0.2) is 0 Å². The van der Waals surface area contributed by atoms with Gasteiger partial charge in [-0.1, -0.05) is 381 Å². The lowest BCUT2D eigenvalue weighted by molar-refractivity contribution is -0.929. The highest BCUT2D eigenvalue weighted by Gasteiger charge is 2.26. The van der Waals surface area contributed by atoms with Gasteiger partial charge in [-0.15, -0.1) is 0 Å². The molecule has 0 N–H and O–H groups in total. The Morgan fingerprint density at radius 2 is 0.194 bits per heavy atom. The van der Waals surface area contributed by atoms with E-state index in [0.717, 1.165) is 0 Å². The maximum Gasteiger partial charge on any atom is 0.0786 e. The van der Waals surface area contributed by atoms with Gasteiger partial charge < -0.3 is 4.48 Å². The Kier molecular flexibility index (Phi) is 65.2. The zero-order valence-corrected chi connectivity index (χ0v) is 51.8. The third-order valence-corrected chi connectivity index (χ3v) is 17.7. The first-order chi connectivity index (χ1) is 35.7. The van der Waals surface area contributed by atoms with Crippen molar-refractivity contribution >= 4 is 0 Å². The van der Waals surface area contributed by atoms with Gasteiger partial charge in [0.1, 0.15) is 0 Å². The summed E-state index contributed by atoms with van der Waals surface area (Å²) in [5, 5.41) is 0. The molecule has 0 fully saturated rings. The molecule has 1 nitrogen and oxygen atoms in total. The molecule has 0 bridgehead atoms. The first kappa shape index (κ1) is 72.0. The number of quaternary nitrogens is 1. The Morgan fingerprint density at radius 3 is 0.292 bits per heavy atom. The predicted molar refractivity (Wildman–Crippen MR) is 333 cm³/mol. The van der Waals surface area contributed by atoms with Gasteiger partial charge in [-0.05, 0) is 51.4 Å². The molecule has 0 atom stereocenters. The van der Waals surface area contributed by atoms with Crippen molar-refractivity contribution in [2.75, 3.05) is 26.2 Å². The molecule has 0 heterocycles. The summed E-state index contributed by atoms with van der Waals surface area (Å²) in [4.78, 5) is 0. The van der Waals surface area contributed by atoms with Crippen LogP contribution in [-0.4, -0.2) is 30.7 Å². The van der Waals surface area contributed by atoms with Gasteiger partial charge in [0.05, 0.1) is 26.2 Å². The molecule has 0 amide bonds. The molecule has 0 aromatic heterocycles. The first-order valence-electron chi connectivity index (χ1n) is 35.6. The Bertz CT molecular complexity index is 821. The normalized spacial score (nSPS) is 12.0. The van der Waals surface area contributed by atoms with Gasteiger partial charge in [0.25, 0.3) is 0 Å². The summed E-state index contributed by atoms with van der Waals surface area (Å²) in [5.74, 6) is 0. The molecule has 0 aliphatic heterocycles. The van der Waals surface area contributed by atoms with E-state index in [2.05, 4.69) is 27.7 Å². The summed E-state index contributed by atoms with van der Waals surface area (Å²) in [6.45, 7) is 15.3. The van der Waals surface area contributed by atoms with Crippen molar-refractivity contribution in [3.63, 3.8) is 0 Å². The molecule has 0 saturated carbocycles. The van der Waals surface area contributed by atoms with E-state index in [9.17, 15) is 0 Å². The van der Waals surface area contributed by atoms with Crippen molar-refractivity contribution < 1.29 is 4.48 Å². The molecular formula is C71H146N+. The third-order valence-electron chi connectivity index (χ3n) is 17.7. The zero-order chi connectivity index (χ0) is 51.9. The van der Waals surface area contributed by atoms with E-state index in [1.54, 1.807) is 0 Å². The molecular weight excluding hydrogens is 867 g/mol. The molecule has 434 valence electrons. The van der Waals surface area contributed by atoms with Gasteiger partial charge in [0, 0.05) is 0 Å². The van der Waals surface area contributed by atoms with Crippen molar-refractivity contribution in [2.24, 2.45) is 0 Å². The van der Waals surface area contributed by atoms with E-state index in [0.29, 0.717) is 0 Å².